The molecule has 21 heteroatoms. The summed E-state index contributed by atoms with van der Waals surface area (Å²) < 4.78 is 40.0. The Bertz CT molecular complexity index is 2960. The summed E-state index contributed by atoms with van der Waals surface area (Å²) in [5.74, 6) is -2.47. The summed E-state index contributed by atoms with van der Waals surface area (Å²) in [6.07, 6.45) is 40.9. The number of carbonyl (C=O) groups excluding carboxylic acids is 4. The Balaban J connectivity index is 1.09. The van der Waals surface area contributed by atoms with Crippen molar-refractivity contribution in [3.63, 3.8) is 0 Å². The van der Waals surface area contributed by atoms with Crippen LogP contribution in [0.3, 0.4) is 0 Å². The number of carboxylic acid groups (broad SMARTS) is 1. The van der Waals surface area contributed by atoms with Gasteiger partial charge < -0.3 is 48.7 Å². The maximum atomic E-state index is 13.0. The number of carbonyl (C=O) groups is 5. The van der Waals surface area contributed by atoms with Gasteiger partial charge in [-0.15, -0.1) is 0 Å². The normalized spacial score (nSPS) is 12.5. The minimum Gasteiger partial charge on any atom is -0.756 e. The van der Waals surface area contributed by atoms with Gasteiger partial charge in [0.1, 0.15) is 42.1 Å². The van der Waals surface area contributed by atoms with Gasteiger partial charge in [-0.05, 0) is 144 Å². The van der Waals surface area contributed by atoms with Crippen molar-refractivity contribution in [3.8, 4) is 28.2 Å². The van der Waals surface area contributed by atoms with E-state index in [1.165, 1.54) is 107 Å². The number of thiol groups is 1. The topological polar surface area (TPSA) is 283 Å². The molecule has 0 saturated carbocycles. The van der Waals surface area contributed by atoms with E-state index in [-0.39, 0.29) is 72.1 Å². The SMILES string of the molecule is CCCCCCCC/C=C\CCCCCCCC(=O)OCC(COC(=O)CCCCCCC/C=C\CCCCCCCC)OP(=O)([O-])OCCNC(=O)CCCCC(=O)NCCCCC[NH+]=C(S)Nc1ccc(-c2c3ccc(=O)cc-3oc3cc(O)ccc23)c(C(=O)O)c1. The van der Waals surface area contributed by atoms with Gasteiger partial charge in [-0.25, -0.2) is 10.1 Å². The fourth-order valence-corrected chi connectivity index (χ4v) is 11.9. The third-order valence-corrected chi connectivity index (χ3v) is 17.4. The highest BCUT2D eigenvalue weighted by molar-refractivity contribution is 7.96. The third-order valence-electron chi connectivity index (χ3n) is 16.1. The number of phenolic OH excluding ortho intramolecular Hbond substituents is 1. The number of fused-ring (bicyclic) bond motifs is 2. The Morgan fingerprint density at radius 3 is 1.66 bits per heavy atom. The van der Waals surface area contributed by atoms with E-state index in [1.54, 1.807) is 24.3 Å². The number of anilines is 1. The minimum atomic E-state index is -5.01. The van der Waals surface area contributed by atoms with Crippen molar-refractivity contribution in [2.75, 3.05) is 44.8 Å². The summed E-state index contributed by atoms with van der Waals surface area (Å²) in [7, 11) is -5.01. The number of carboxylic acids is 1. The fourth-order valence-electron chi connectivity index (χ4n) is 10.8. The lowest BCUT2D eigenvalue weighted by Crippen LogP contribution is -2.73. The Morgan fingerprint density at radius 2 is 1.11 bits per heavy atom. The number of esters is 2. The first-order chi connectivity index (χ1) is 45.6. The van der Waals surface area contributed by atoms with Crippen LogP contribution in [-0.4, -0.2) is 90.7 Å². The van der Waals surface area contributed by atoms with Crippen LogP contribution in [0.25, 0.3) is 33.4 Å². The van der Waals surface area contributed by atoms with Crippen LogP contribution in [0, 0.1) is 0 Å². The zero-order chi connectivity index (χ0) is 67.9. The van der Waals surface area contributed by atoms with Gasteiger partial charge in [-0.1, -0.05) is 154 Å². The van der Waals surface area contributed by atoms with Gasteiger partial charge >= 0.3 is 23.1 Å². The van der Waals surface area contributed by atoms with Gasteiger partial charge in [0.05, 0.1) is 18.7 Å². The smallest absolute Gasteiger partial charge is 0.336 e. The molecule has 1 atom stereocenters. The number of phenols is 1. The van der Waals surface area contributed by atoms with Crippen molar-refractivity contribution < 1.29 is 71.6 Å². The number of hydrogen-bond donors (Lipinski definition) is 7. The Morgan fingerprint density at radius 1 is 0.606 bits per heavy atom. The number of hydrogen-bond acceptors (Lipinski definition) is 14. The standard InChI is InChI=1S/C73H109N4O15PS/c1-3-5-7-9-11-13-15-17-19-21-23-25-27-29-32-40-69(82)88-55-60(56-89-70(83)41-33-30-28-26-24-22-20-18-16-14-12-10-8-6-4-2)92-93(86,87)90-51-50-75-68(81)39-35-34-38-67(80)74-48-36-31-37-49-76-73(94)77-57-42-45-61(64(52-57)72(84)85)71-62-46-43-58(78)53-65(62)91-66-54-59(79)44-47-63(66)71/h17-20,42-47,52-54,60,78H,3-16,21-41,48-51,55-56H2,1-2H3,(H,74,80)(H,75,81)(H,84,85)(H,86,87)(H2,76,77,94)/b19-17-,20-18-. The number of unbranched alkanes of at least 4 members (excludes halogenated alkanes) is 25. The summed E-state index contributed by atoms with van der Waals surface area (Å²) in [6.45, 7) is 4.00. The number of aromatic hydroxyl groups is 1. The van der Waals surface area contributed by atoms with Crippen molar-refractivity contribution in [3.05, 3.63) is 94.7 Å². The highest BCUT2D eigenvalue weighted by Gasteiger charge is 2.25. The molecule has 0 bridgehead atoms. The number of amides is 2. The van der Waals surface area contributed by atoms with Gasteiger partial charge in [-0.3, -0.25) is 33.5 Å². The summed E-state index contributed by atoms with van der Waals surface area (Å²) in [4.78, 5) is 91.5. The molecule has 6 N–H and O–H groups in total. The molecule has 522 valence electrons. The van der Waals surface area contributed by atoms with Crippen molar-refractivity contribution in [2.24, 2.45) is 0 Å². The largest absolute Gasteiger partial charge is 0.756 e. The van der Waals surface area contributed by atoms with E-state index in [1.807, 2.05) is 0 Å². The molecule has 1 heterocycles. The number of nitrogens with one attached hydrogen (secondary N) is 4. The molecule has 4 rings (SSSR count). The third kappa shape index (κ3) is 36.0. The van der Waals surface area contributed by atoms with Crippen LogP contribution in [0.1, 0.15) is 249 Å². The molecule has 2 aromatic rings. The summed E-state index contributed by atoms with van der Waals surface area (Å²) in [5.41, 5.74) is 1.94. The number of ether oxygens (including phenoxy) is 2. The van der Waals surface area contributed by atoms with Crippen LogP contribution in [-0.2, 0) is 42.3 Å². The Labute approximate surface area is 563 Å². The number of amidine groups is 1. The molecule has 1 aliphatic heterocycles. The minimum absolute atomic E-state index is 0.00626. The van der Waals surface area contributed by atoms with E-state index in [2.05, 4.69) is 71.7 Å². The van der Waals surface area contributed by atoms with Crippen molar-refractivity contribution in [1.29, 1.82) is 0 Å². The molecule has 2 aliphatic rings. The predicted octanol–water partition coefficient (Wildman–Crippen LogP) is 14.7. The molecule has 19 nitrogen and oxygen atoms in total. The highest BCUT2D eigenvalue weighted by Crippen LogP contribution is 2.43. The van der Waals surface area contributed by atoms with Crippen molar-refractivity contribution >= 4 is 72.0 Å². The van der Waals surface area contributed by atoms with Crippen LogP contribution in [0.4, 0.5) is 5.69 Å². The molecule has 0 saturated heterocycles. The lowest BCUT2D eigenvalue weighted by atomic mass is 9.90. The van der Waals surface area contributed by atoms with E-state index in [9.17, 15) is 48.4 Å². The first-order valence-corrected chi connectivity index (χ1v) is 36.9. The average molecular weight is 1350 g/mol. The Hall–Kier alpha value is -6.31. The summed E-state index contributed by atoms with van der Waals surface area (Å²) in [5, 5.41) is 30.0. The van der Waals surface area contributed by atoms with E-state index >= 15 is 0 Å². The molecule has 1 unspecified atom stereocenters. The molecule has 2 aromatic carbocycles. The number of aromatic carboxylic acids is 1. The number of allylic oxidation sites excluding steroid dienone is 4. The molecule has 2 amide bonds. The van der Waals surface area contributed by atoms with Gasteiger partial charge in [0.25, 0.3) is 7.82 Å². The average Bonchev–Trinajstić information content (AvgIpc) is 0.751. The summed E-state index contributed by atoms with van der Waals surface area (Å²) in [6, 6.07) is 13.7. The number of rotatable bonds is 54. The maximum Gasteiger partial charge on any atom is 0.336 e. The molecule has 0 fully saturated rings. The first kappa shape index (κ1) is 80.1. The number of phosphoric ester groups is 1. The molecule has 0 aromatic heterocycles. The van der Waals surface area contributed by atoms with E-state index in [0.29, 0.717) is 71.7 Å². The quantitative estimate of drug-likeness (QED) is 0.00316. The lowest BCUT2D eigenvalue weighted by Gasteiger charge is -2.27. The monoisotopic (exact) mass is 1340 g/mol. The van der Waals surface area contributed by atoms with Crippen LogP contribution >= 0.6 is 20.5 Å². The summed E-state index contributed by atoms with van der Waals surface area (Å²) >= 11 is 4.52. The first-order valence-electron chi connectivity index (χ1n) is 35.0. The van der Waals surface area contributed by atoms with Gasteiger partial charge in [0.2, 0.25) is 11.8 Å². The van der Waals surface area contributed by atoms with Crippen molar-refractivity contribution in [2.45, 2.75) is 245 Å². The second-order valence-corrected chi connectivity index (χ2v) is 26.1. The number of phosphoric acid groups is 1. The maximum absolute atomic E-state index is 13.0. The second-order valence-electron chi connectivity index (χ2n) is 24.3. The lowest BCUT2D eigenvalue weighted by molar-refractivity contribution is -0.454. The molecule has 1 aliphatic carbocycles. The van der Waals surface area contributed by atoms with E-state index < -0.39 is 51.7 Å². The van der Waals surface area contributed by atoms with Gasteiger partial charge in [0, 0.05) is 67.4 Å². The van der Waals surface area contributed by atoms with Crippen LogP contribution in [0.2, 0.25) is 0 Å². The zero-order valence-electron chi connectivity index (χ0n) is 56.2. The second kappa shape index (κ2) is 49.2. The zero-order valence-corrected chi connectivity index (χ0v) is 58.0. The molecule has 0 radical (unpaired) electrons. The van der Waals surface area contributed by atoms with Gasteiger partial charge in [-0.2, -0.15) is 0 Å². The van der Waals surface area contributed by atoms with Crippen LogP contribution in [0.5, 0.6) is 5.75 Å². The van der Waals surface area contributed by atoms with Gasteiger partial charge in [0.15, 0.2) is 5.43 Å². The van der Waals surface area contributed by atoms with Crippen LogP contribution in [0.15, 0.2) is 88.1 Å². The fraction of sp³-hybridized carbons (Fsp3) is 0.603. The molecule has 0 spiro atoms. The highest BCUT2D eigenvalue weighted by atomic mass is 32.1. The number of benzene rings is 3. The van der Waals surface area contributed by atoms with E-state index in [4.69, 9.17) is 22.9 Å². The molecular weight excluding hydrogens is 1240 g/mol. The van der Waals surface area contributed by atoms with Crippen LogP contribution < -0.4 is 31.3 Å². The van der Waals surface area contributed by atoms with Crippen molar-refractivity contribution in [1.82, 2.24) is 10.6 Å². The predicted molar refractivity (Wildman–Crippen MR) is 374 cm³/mol. The molecule has 94 heavy (non-hydrogen) atoms. The Kier molecular flexibility index (Phi) is 42.0. The van der Waals surface area contributed by atoms with E-state index in [0.717, 1.165) is 96.3 Å². The molecular formula is C73H109N4O15PS.